The highest BCUT2D eigenvalue weighted by Crippen LogP contribution is 2.33. The van der Waals surface area contributed by atoms with Crippen molar-refractivity contribution in [1.82, 2.24) is 0 Å². The van der Waals surface area contributed by atoms with Crippen molar-refractivity contribution in [2.24, 2.45) is 5.92 Å². The Morgan fingerprint density at radius 3 is 1.59 bits per heavy atom. The summed E-state index contributed by atoms with van der Waals surface area (Å²) >= 11 is 0. The molecule has 2 atom stereocenters. The van der Waals surface area contributed by atoms with Gasteiger partial charge in [-0.1, -0.05) is 105 Å². The fourth-order valence-electron chi connectivity index (χ4n) is 4.43. The second-order valence-corrected chi connectivity index (χ2v) is 8.38. The summed E-state index contributed by atoms with van der Waals surface area (Å²) in [5.74, 6) is 1.37. The van der Waals surface area contributed by atoms with Gasteiger partial charge in [-0.15, -0.1) is 0 Å². The Labute approximate surface area is 176 Å². The molecular weight excluding hydrogens is 348 g/mol. The lowest BCUT2D eigenvalue weighted by Crippen LogP contribution is -2.06. The van der Waals surface area contributed by atoms with Crippen LogP contribution < -0.4 is 0 Å². The molecule has 29 heavy (non-hydrogen) atoms. The molecule has 0 nitrogen and oxygen atoms in total. The molecule has 0 heterocycles. The first-order valence-corrected chi connectivity index (χ1v) is 11.2. The number of benzene rings is 3. The predicted octanol–water partition coefficient (Wildman–Crippen LogP) is 8.43. The average Bonchev–Trinajstić information content (AvgIpc) is 2.80. The summed E-state index contributed by atoms with van der Waals surface area (Å²) in [4.78, 5) is 0. The van der Waals surface area contributed by atoms with E-state index in [1.165, 1.54) is 59.1 Å². The molecule has 1 aliphatic rings. The molecule has 0 amide bonds. The highest BCUT2D eigenvalue weighted by molar-refractivity contribution is 5.70. The monoisotopic (exact) mass is 380 g/mol. The molecule has 2 unspecified atom stereocenters. The van der Waals surface area contributed by atoms with E-state index in [0.717, 1.165) is 12.3 Å². The van der Waals surface area contributed by atoms with Crippen LogP contribution in [-0.4, -0.2) is 0 Å². The molecule has 148 valence electrons. The molecule has 0 spiro atoms. The zero-order chi connectivity index (χ0) is 20.1. The van der Waals surface area contributed by atoms with Gasteiger partial charge in [-0.3, -0.25) is 0 Å². The molecule has 0 heteroatoms. The van der Waals surface area contributed by atoms with Crippen molar-refractivity contribution in [3.8, 4) is 22.3 Å². The van der Waals surface area contributed by atoms with Gasteiger partial charge < -0.3 is 0 Å². The molecule has 0 bridgehead atoms. The second kappa shape index (κ2) is 9.27. The lowest BCUT2D eigenvalue weighted by Gasteiger charge is -2.22. The van der Waals surface area contributed by atoms with Crippen LogP contribution in [0.2, 0.25) is 0 Å². The Kier molecular flexibility index (Phi) is 6.30. The number of hydrogen-bond donors (Lipinski definition) is 0. The van der Waals surface area contributed by atoms with Crippen molar-refractivity contribution in [1.29, 1.82) is 0 Å². The van der Waals surface area contributed by atoms with E-state index in [1.54, 1.807) is 0 Å². The SMILES string of the molecule is CCCc1ccc(-c2ccc(-c3ccc(C4C=CC(CC)CC4)cc3)cc2)cc1. The first-order chi connectivity index (χ1) is 14.3. The van der Waals surface area contributed by atoms with Crippen molar-refractivity contribution < 1.29 is 0 Å². The zero-order valence-electron chi connectivity index (χ0n) is 17.8. The van der Waals surface area contributed by atoms with E-state index in [2.05, 4.69) is 98.8 Å². The van der Waals surface area contributed by atoms with Crippen LogP contribution in [0.1, 0.15) is 56.6 Å². The summed E-state index contributed by atoms with van der Waals surface area (Å²) in [6.07, 6.45) is 11.1. The topological polar surface area (TPSA) is 0 Å². The van der Waals surface area contributed by atoms with Crippen LogP contribution in [-0.2, 0) is 6.42 Å². The first kappa shape index (κ1) is 19.7. The van der Waals surface area contributed by atoms with E-state index in [1.807, 2.05) is 0 Å². The summed E-state index contributed by atoms with van der Waals surface area (Å²) in [5.41, 5.74) is 8.03. The maximum Gasteiger partial charge on any atom is 0.00182 e. The van der Waals surface area contributed by atoms with Crippen LogP contribution in [0.3, 0.4) is 0 Å². The number of aryl methyl sites for hydroxylation is 1. The third kappa shape index (κ3) is 4.70. The van der Waals surface area contributed by atoms with Crippen molar-refractivity contribution in [2.75, 3.05) is 0 Å². The largest absolute Gasteiger partial charge is 0.0848 e. The number of allylic oxidation sites excluding steroid dienone is 2. The minimum atomic E-state index is 0.588. The van der Waals surface area contributed by atoms with Gasteiger partial charge in [0, 0.05) is 5.92 Å². The van der Waals surface area contributed by atoms with Crippen LogP contribution in [0.4, 0.5) is 0 Å². The fraction of sp³-hybridized carbons (Fsp3) is 0.310. The van der Waals surface area contributed by atoms with Crippen molar-refractivity contribution in [3.63, 3.8) is 0 Å². The molecule has 0 saturated carbocycles. The van der Waals surface area contributed by atoms with E-state index in [9.17, 15) is 0 Å². The number of rotatable bonds is 6. The summed E-state index contributed by atoms with van der Waals surface area (Å²) in [6.45, 7) is 4.52. The molecule has 0 aromatic heterocycles. The van der Waals surface area contributed by atoms with Crippen LogP contribution in [0.15, 0.2) is 84.9 Å². The lowest BCUT2D eigenvalue weighted by molar-refractivity contribution is 0.499. The van der Waals surface area contributed by atoms with Crippen LogP contribution in [0.25, 0.3) is 22.3 Å². The summed E-state index contributed by atoms with van der Waals surface area (Å²) in [5, 5.41) is 0. The molecule has 4 rings (SSSR count). The molecule has 0 radical (unpaired) electrons. The second-order valence-electron chi connectivity index (χ2n) is 8.38. The summed E-state index contributed by atoms with van der Waals surface area (Å²) < 4.78 is 0. The van der Waals surface area contributed by atoms with Crippen LogP contribution in [0.5, 0.6) is 0 Å². The first-order valence-electron chi connectivity index (χ1n) is 11.2. The summed E-state index contributed by atoms with van der Waals surface area (Å²) in [6, 6.07) is 27.2. The Morgan fingerprint density at radius 1 is 0.621 bits per heavy atom. The molecule has 3 aromatic carbocycles. The third-order valence-electron chi connectivity index (χ3n) is 6.37. The molecule has 1 aliphatic carbocycles. The maximum atomic E-state index is 2.43. The highest BCUT2D eigenvalue weighted by Gasteiger charge is 2.16. The zero-order valence-corrected chi connectivity index (χ0v) is 17.8. The Hall–Kier alpha value is -2.60. The van der Waals surface area contributed by atoms with Crippen LogP contribution >= 0.6 is 0 Å². The third-order valence-corrected chi connectivity index (χ3v) is 6.37. The van der Waals surface area contributed by atoms with Gasteiger partial charge in [0.1, 0.15) is 0 Å². The van der Waals surface area contributed by atoms with Gasteiger partial charge in [-0.25, -0.2) is 0 Å². The minimum absolute atomic E-state index is 0.588. The van der Waals surface area contributed by atoms with Crippen LogP contribution in [0, 0.1) is 5.92 Å². The lowest BCUT2D eigenvalue weighted by atomic mass is 9.83. The van der Waals surface area contributed by atoms with E-state index in [-0.39, 0.29) is 0 Å². The normalized spacial score (nSPS) is 18.7. The van der Waals surface area contributed by atoms with Crippen molar-refractivity contribution >= 4 is 0 Å². The predicted molar refractivity (Wildman–Crippen MR) is 126 cm³/mol. The number of hydrogen-bond acceptors (Lipinski definition) is 0. The standard InChI is InChI=1S/C29H32/c1-3-5-23-8-12-25(13-9-23)27-16-20-29(21-17-27)28-18-14-26(15-19-28)24-10-6-22(4-2)7-11-24/h6,8-10,12-22,24H,3-5,7,11H2,1-2H3. The van der Waals surface area contributed by atoms with Gasteiger partial charge >= 0.3 is 0 Å². The van der Waals surface area contributed by atoms with E-state index in [0.29, 0.717) is 5.92 Å². The molecular formula is C29H32. The Balaban J connectivity index is 1.46. The molecule has 0 aliphatic heterocycles. The highest BCUT2D eigenvalue weighted by atomic mass is 14.2. The average molecular weight is 381 g/mol. The van der Waals surface area contributed by atoms with Gasteiger partial charge in [0.05, 0.1) is 0 Å². The molecule has 3 aromatic rings. The van der Waals surface area contributed by atoms with Gasteiger partial charge in [-0.2, -0.15) is 0 Å². The Bertz CT molecular complexity index is 927. The summed E-state index contributed by atoms with van der Waals surface area (Å²) in [7, 11) is 0. The molecule has 0 N–H and O–H groups in total. The minimum Gasteiger partial charge on any atom is -0.0848 e. The van der Waals surface area contributed by atoms with E-state index >= 15 is 0 Å². The van der Waals surface area contributed by atoms with Crippen molar-refractivity contribution in [3.05, 3.63) is 96.1 Å². The smallest absolute Gasteiger partial charge is 0.00182 e. The maximum absolute atomic E-state index is 2.43. The quantitative estimate of drug-likeness (QED) is 0.376. The van der Waals surface area contributed by atoms with E-state index < -0.39 is 0 Å². The van der Waals surface area contributed by atoms with Gasteiger partial charge in [-0.05, 0) is 65.0 Å². The van der Waals surface area contributed by atoms with E-state index in [4.69, 9.17) is 0 Å². The fourth-order valence-corrected chi connectivity index (χ4v) is 4.43. The molecule has 0 fully saturated rings. The van der Waals surface area contributed by atoms with Gasteiger partial charge in [0.25, 0.3) is 0 Å². The van der Waals surface area contributed by atoms with Gasteiger partial charge in [0.2, 0.25) is 0 Å². The van der Waals surface area contributed by atoms with Crippen molar-refractivity contribution in [2.45, 2.75) is 51.9 Å². The molecule has 0 saturated heterocycles. The Morgan fingerprint density at radius 2 is 1.14 bits per heavy atom. The van der Waals surface area contributed by atoms with Gasteiger partial charge in [0.15, 0.2) is 0 Å².